The molecule has 0 aromatic carbocycles. The molecule has 1 aliphatic heterocycles. The summed E-state index contributed by atoms with van der Waals surface area (Å²) in [6.45, 7) is 2.70. The monoisotopic (exact) mass is 282 g/mol. The Morgan fingerprint density at radius 2 is 1.95 bits per heavy atom. The zero-order valence-corrected chi connectivity index (χ0v) is 11.8. The van der Waals surface area contributed by atoms with Crippen molar-refractivity contribution in [3.8, 4) is 0 Å². The third kappa shape index (κ3) is 2.57. The van der Waals surface area contributed by atoms with Crippen molar-refractivity contribution in [3.63, 3.8) is 0 Å². The standard InChI is InChI=1S/C13H22N4O3/c1-9(18)15-10-3-7-17(8-4-10)12(19)13(5-2-6-13)11(14)16-20/h10,20H,2-8H2,1H3,(H2,14,16)(H,15,18). The minimum atomic E-state index is -0.796. The van der Waals surface area contributed by atoms with Crippen LogP contribution in [0.15, 0.2) is 5.16 Å². The van der Waals surface area contributed by atoms with Gasteiger partial charge in [-0.3, -0.25) is 9.59 Å². The summed E-state index contributed by atoms with van der Waals surface area (Å²) in [6, 6.07) is 0.137. The SMILES string of the molecule is CC(=O)NC1CCN(C(=O)C2(C(N)=NO)CCC2)CC1. The van der Waals surface area contributed by atoms with Gasteiger partial charge in [0.05, 0.1) is 0 Å². The Labute approximate surface area is 118 Å². The van der Waals surface area contributed by atoms with Gasteiger partial charge in [0.1, 0.15) is 5.41 Å². The number of amidine groups is 1. The molecule has 1 heterocycles. The summed E-state index contributed by atoms with van der Waals surface area (Å²) in [4.78, 5) is 25.4. The molecule has 4 N–H and O–H groups in total. The molecule has 20 heavy (non-hydrogen) atoms. The van der Waals surface area contributed by atoms with Crippen LogP contribution in [0.25, 0.3) is 0 Å². The van der Waals surface area contributed by atoms with Crippen molar-refractivity contribution in [2.75, 3.05) is 13.1 Å². The number of nitrogens with one attached hydrogen (secondary N) is 1. The molecule has 2 fully saturated rings. The minimum absolute atomic E-state index is 0.0257. The first-order chi connectivity index (χ1) is 9.49. The van der Waals surface area contributed by atoms with Crippen LogP contribution in [0.2, 0.25) is 0 Å². The summed E-state index contributed by atoms with van der Waals surface area (Å²) in [5.41, 5.74) is 4.91. The average Bonchev–Trinajstić information content (AvgIpc) is 2.37. The van der Waals surface area contributed by atoms with Crippen LogP contribution in [0, 0.1) is 5.41 Å². The Balaban J connectivity index is 1.96. The Morgan fingerprint density at radius 3 is 2.35 bits per heavy atom. The van der Waals surface area contributed by atoms with Crippen LogP contribution in [0.3, 0.4) is 0 Å². The first-order valence-corrected chi connectivity index (χ1v) is 7.04. The van der Waals surface area contributed by atoms with E-state index in [4.69, 9.17) is 10.9 Å². The number of rotatable bonds is 3. The number of nitrogens with zero attached hydrogens (tertiary/aromatic N) is 2. The molecule has 2 rings (SSSR count). The van der Waals surface area contributed by atoms with Gasteiger partial charge >= 0.3 is 0 Å². The van der Waals surface area contributed by atoms with Gasteiger partial charge in [-0.25, -0.2) is 0 Å². The summed E-state index contributed by atoms with van der Waals surface area (Å²) in [5.74, 6) is -0.0556. The van der Waals surface area contributed by atoms with Gasteiger partial charge in [0.25, 0.3) is 0 Å². The normalized spacial score (nSPS) is 23.1. The zero-order chi connectivity index (χ0) is 14.8. The molecule has 7 heteroatoms. The highest BCUT2D eigenvalue weighted by Gasteiger charge is 2.50. The van der Waals surface area contributed by atoms with Crippen molar-refractivity contribution in [2.24, 2.45) is 16.3 Å². The maximum Gasteiger partial charge on any atom is 0.236 e. The maximum absolute atomic E-state index is 12.6. The lowest BCUT2D eigenvalue weighted by Gasteiger charge is -2.44. The largest absolute Gasteiger partial charge is 0.409 e. The third-order valence-electron chi connectivity index (χ3n) is 4.40. The van der Waals surface area contributed by atoms with Gasteiger partial charge in [-0.1, -0.05) is 11.6 Å². The predicted octanol–water partition coefficient (Wildman–Crippen LogP) is 0.0302. The van der Waals surface area contributed by atoms with Gasteiger partial charge in [0.2, 0.25) is 11.8 Å². The lowest BCUT2D eigenvalue weighted by molar-refractivity contribution is -0.143. The molecular formula is C13H22N4O3. The summed E-state index contributed by atoms with van der Waals surface area (Å²) >= 11 is 0. The highest BCUT2D eigenvalue weighted by Crippen LogP contribution is 2.43. The zero-order valence-electron chi connectivity index (χ0n) is 11.8. The van der Waals surface area contributed by atoms with Crippen LogP contribution in [0.4, 0.5) is 0 Å². The molecule has 1 saturated heterocycles. The first-order valence-electron chi connectivity index (χ1n) is 7.04. The van der Waals surface area contributed by atoms with E-state index >= 15 is 0 Å². The molecule has 112 valence electrons. The van der Waals surface area contributed by atoms with E-state index in [-0.39, 0.29) is 23.7 Å². The van der Waals surface area contributed by atoms with Crippen LogP contribution in [0.5, 0.6) is 0 Å². The fourth-order valence-corrected chi connectivity index (χ4v) is 3.02. The van der Waals surface area contributed by atoms with E-state index in [1.54, 1.807) is 4.90 Å². The molecule has 1 saturated carbocycles. The van der Waals surface area contributed by atoms with Gasteiger partial charge in [0, 0.05) is 26.1 Å². The predicted molar refractivity (Wildman–Crippen MR) is 73.1 cm³/mol. The molecular weight excluding hydrogens is 260 g/mol. The van der Waals surface area contributed by atoms with Gasteiger partial charge in [0.15, 0.2) is 5.84 Å². The highest BCUT2D eigenvalue weighted by molar-refractivity contribution is 6.07. The number of hydrogen-bond donors (Lipinski definition) is 3. The van der Waals surface area contributed by atoms with Crippen LogP contribution in [-0.2, 0) is 9.59 Å². The number of nitrogens with two attached hydrogens (primary N) is 1. The Kier molecular flexibility index (Phi) is 4.15. The van der Waals surface area contributed by atoms with Crippen molar-refractivity contribution in [1.82, 2.24) is 10.2 Å². The van der Waals surface area contributed by atoms with Gasteiger partial charge < -0.3 is 21.2 Å². The molecule has 0 spiro atoms. The molecule has 0 aromatic heterocycles. The Hall–Kier alpha value is -1.79. The summed E-state index contributed by atoms with van der Waals surface area (Å²) in [5, 5.41) is 14.8. The van der Waals surface area contributed by atoms with Gasteiger partial charge in [-0.2, -0.15) is 0 Å². The highest BCUT2D eigenvalue weighted by atomic mass is 16.4. The van der Waals surface area contributed by atoms with Crippen molar-refractivity contribution in [3.05, 3.63) is 0 Å². The minimum Gasteiger partial charge on any atom is -0.409 e. The van der Waals surface area contributed by atoms with Crippen molar-refractivity contribution in [2.45, 2.75) is 45.1 Å². The fraction of sp³-hybridized carbons (Fsp3) is 0.769. The number of amides is 2. The molecule has 1 aliphatic carbocycles. The van der Waals surface area contributed by atoms with Crippen LogP contribution < -0.4 is 11.1 Å². The molecule has 0 radical (unpaired) electrons. The maximum atomic E-state index is 12.6. The number of hydrogen-bond acceptors (Lipinski definition) is 4. The molecule has 0 unspecified atom stereocenters. The molecule has 2 amide bonds. The van der Waals surface area contributed by atoms with E-state index in [0.29, 0.717) is 25.9 Å². The summed E-state index contributed by atoms with van der Waals surface area (Å²) < 4.78 is 0. The summed E-state index contributed by atoms with van der Waals surface area (Å²) in [7, 11) is 0. The average molecular weight is 282 g/mol. The topological polar surface area (TPSA) is 108 Å². The molecule has 0 bridgehead atoms. The number of piperidine rings is 1. The second-order valence-corrected chi connectivity index (χ2v) is 5.69. The van der Waals surface area contributed by atoms with E-state index < -0.39 is 5.41 Å². The number of carbonyl (C=O) groups excluding carboxylic acids is 2. The molecule has 0 aromatic rings. The lowest BCUT2D eigenvalue weighted by Crippen LogP contribution is -2.57. The van der Waals surface area contributed by atoms with E-state index in [1.165, 1.54) is 6.92 Å². The van der Waals surface area contributed by atoms with E-state index in [2.05, 4.69) is 10.5 Å². The lowest BCUT2D eigenvalue weighted by atomic mass is 9.66. The Morgan fingerprint density at radius 1 is 1.35 bits per heavy atom. The van der Waals surface area contributed by atoms with Gasteiger partial charge in [-0.05, 0) is 25.7 Å². The molecule has 7 nitrogen and oxygen atoms in total. The van der Waals surface area contributed by atoms with Gasteiger partial charge in [-0.15, -0.1) is 0 Å². The van der Waals surface area contributed by atoms with Crippen LogP contribution in [0.1, 0.15) is 39.0 Å². The van der Waals surface area contributed by atoms with Crippen LogP contribution in [-0.4, -0.2) is 46.9 Å². The van der Waals surface area contributed by atoms with Crippen molar-refractivity contribution >= 4 is 17.6 Å². The Bertz CT molecular complexity index is 423. The number of oxime groups is 1. The van der Waals surface area contributed by atoms with Crippen molar-refractivity contribution < 1.29 is 14.8 Å². The van der Waals surface area contributed by atoms with Crippen LogP contribution >= 0.6 is 0 Å². The smallest absolute Gasteiger partial charge is 0.236 e. The third-order valence-corrected chi connectivity index (χ3v) is 4.40. The van der Waals surface area contributed by atoms with E-state index in [9.17, 15) is 9.59 Å². The summed E-state index contributed by atoms with van der Waals surface area (Å²) in [6.07, 6.45) is 3.71. The number of likely N-dealkylation sites (tertiary alicyclic amines) is 1. The second kappa shape index (κ2) is 5.68. The molecule has 0 atom stereocenters. The first kappa shape index (κ1) is 14.6. The number of carbonyl (C=O) groups is 2. The van der Waals surface area contributed by atoms with E-state index in [1.807, 2.05) is 0 Å². The fourth-order valence-electron chi connectivity index (χ4n) is 3.02. The quantitative estimate of drug-likeness (QED) is 0.294. The van der Waals surface area contributed by atoms with Crippen molar-refractivity contribution in [1.29, 1.82) is 0 Å². The van der Waals surface area contributed by atoms with E-state index in [0.717, 1.165) is 19.3 Å². The molecule has 2 aliphatic rings. The second-order valence-electron chi connectivity index (χ2n) is 5.69.